The van der Waals surface area contributed by atoms with Crippen LogP contribution in [0.15, 0.2) is 46.0 Å². The minimum Gasteiger partial charge on any atom is -0.493 e. The maximum atomic E-state index is 12.1. The van der Waals surface area contributed by atoms with E-state index < -0.39 is 10.8 Å². The summed E-state index contributed by atoms with van der Waals surface area (Å²) in [6.45, 7) is 4.71. The molecule has 2 rings (SSSR count). The molecule has 0 fully saturated rings. The number of carbonyl (C=O) groups is 1. The third-order valence-corrected chi connectivity index (χ3v) is 4.22. The quantitative estimate of drug-likeness (QED) is 0.355. The fraction of sp³-hybridized carbons (Fsp3) is 0.263. The molecule has 1 N–H and O–H groups in total. The van der Waals surface area contributed by atoms with Gasteiger partial charge in [-0.25, -0.2) is 5.43 Å². The van der Waals surface area contributed by atoms with Gasteiger partial charge in [-0.1, -0.05) is 18.2 Å². The molecule has 2 aromatic rings. The van der Waals surface area contributed by atoms with E-state index in [9.17, 15) is 14.9 Å². The van der Waals surface area contributed by atoms with Crippen LogP contribution in [0.1, 0.15) is 25.0 Å². The molecule has 1 amide bonds. The molecule has 0 heterocycles. The van der Waals surface area contributed by atoms with E-state index in [1.165, 1.54) is 18.3 Å². The van der Waals surface area contributed by atoms with Crippen LogP contribution in [0.2, 0.25) is 0 Å². The van der Waals surface area contributed by atoms with Gasteiger partial charge in [-0.3, -0.25) is 14.9 Å². The summed E-state index contributed by atoms with van der Waals surface area (Å²) in [5.41, 5.74) is 3.24. The Morgan fingerprint density at radius 2 is 1.89 bits per heavy atom. The smallest absolute Gasteiger partial charge is 0.273 e. The summed E-state index contributed by atoms with van der Waals surface area (Å²) in [6.07, 6.45) is 1.29. The van der Waals surface area contributed by atoms with Crippen molar-refractivity contribution < 1.29 is 19.2 Å². The summed E-state index contributed by atoms with van der Waals surface area (Å²) < 4.78 is 11.8. The molecular formula is C19H20BrN3O5. The lowest BCUT2D eigenvalue weighted by Gasteiger charge is -2.12. The van der Waals surface area contributed by atoms with Gasteiger partial charge in [-0.05, 0) is 35.8 Å². The molecule has 0 aromatic heterocycles. The molecular weight excluding hydrogens is 430 g/mol. The van der Waals surface area contributed by atoms with Gasteiger partial charge in [0.15, 0.2) is 0 Å². The number of halogens is 1. The van der Waals surface area contributed by atoms with Crippen LogP contribution in [0.4, 0.5) is 5.69 Å². The van der Waals surface area contributed by atoms with Gasteiger partial charge < -0.3 is 9.47 Å². The number of hydrogen-bond acceptors (Lipinski definition) is 6. The van der Waals surface area contributed by atoms with E-state index in [1.54, 1.807) is 24.3 Å². The molecule has 0 aliphatic rings. The highest BCUT2D eigenvalue weighted by molar-refractivity contribution is 9.10. The molecule has 9 heteroatoms. The van der Waals surface area contributed by atoms with Gasteiger partial charge in [0, 0.05) is 23.3 Å². The van der Waals surface area contributed by atoms with Gasteiger partial charge >= 0.3 is 0 Å². The number of hydrogen-bond donors (Lipinski definition) is 1. The zero-order chi connectivity index (χ0) is 20.5. The summed E-state index contributed by atoms with van der Waals surface area (Å²) in [5.74, 6) is 0.739. The van der Waals surface area contributed by atoms with Crippen molar-refractivity contribution in [2.75, 3.05) is 13.2 Å². The number of para-hydroxylation sites is 1. The van der Waals surface area contributed by atoms with Crippen molar-refractivity contribution in [3.8, 4) is 11.5 Å². The number of nitro benzene ring substituents is 1. The zero-order valence-electron chi connectivity index (χ0n) is 15.5. The predicted molar refractivity (Wildman–Crippen MR) is 109 cm³/mol. The largest absolute Gasteiger partial charge is 0.493 e. The van der Waals surface area contributed by atoms with Crippen molar-refractivity contribution in [2.45, 2.75) is 20.3 Å². The standard InChI is InChI=1S/C19H20BrN3O5/c1-3-27-17-11-18(28-4-2)15(20)9-14(17)12-21-22-19(24)10-13-7-5-6-8-16(13)23(25)26/h5-9,11-12H,3-4,10H2,1-2H3,(H,22,24)/b21-12+. The highest BCUT2D eigenvalue weighted by atomic mass is 79.9. The molecule has 0 saturated carbocycles. The minimum atomic E-state index is -0.516. The first kappa shape index (κ1) is 21.4. The van der Waals surface area contributed by atoms with E-state index >= 15 is 0 Å². The number of hydrazone groups is 1. The number of ether oxygens (including phenoxy) is 2. The second-order valence-corrected chi connectivity index (χ2v) is 6.40. The van der Waals surface area contributed by atoms with Crippen molar-refractivity contribution in [3.05, 3.63) is 62.1 Å². The number of benzene rings is 2. The average molecular weight is 450 g/mol. The minimum absolute atomic E-state index is 0.101. The lowest BCUT2D eigenvalue weighted by Crippen LogP contribution is -2.20. The normalized spacial score (nSPS) is 10.7. The molecule has 0 aliphatic heterocycles. The second-order valence-electron chi connectivity index (χ2n) is 5.54. The van der Waals surface area contributed by atoms with Gasteiger partial charge in [0.25, 0.3) is 5.69 Å². The van der Waals surface area contributed by atoms with Gasteiger partial charge in [-0.15, -0.1) is 0 Å². The topological polar surface area (TPSA) is 103 Å². The predicted octanol–water partition coefficient (Wildman–Crippen LogP) is 3.85. The lowest BCUT2D eigenvalue weighted by molar-refractivity contribution is -0.385. The van der Waals surface area contributed by atoms with Crippen LogP contribution in [0.25, 0.3) is 0 Å². The first-order valence-corrected chi connectivity index (χ1v) is 9.38. The molecule has 0 unspecified atom stereocenters. The van der Waals surface area contributed by atoms with Gasteiger partial charge in [0.2, 0.25) is 5.91 Å². The highest BCUT2D eigenvalue weighted by Crippen LogP contribution is 2.32. The van der Waals surface area contributed by atoms with Gasteiger partial charge in [-0.2, -0.15) is 5.10 Å². The van der Waals surface area contributed by atoms with E-state index in [0.717, 1.165) is 4.47 Å². The van der Waals surface area contributed by atoms with Crippen molar-refractivity contribution in [1.29, 1.82) is 0 Å². The third-order valence-electron chi connectivity index (χ3n) is 3.60. The Labute approximate surface area is 170 Å². The molecule has 0 radical (unpaired) electrons. The molecule has 8 nitrogen and oxygen atoms in total. The zero-order valence-corrected chi connectivity index (χ0v) is 17.1. The second kappa shape index (κ2) is 10.4. The van der Waals surface area contributed by atoms with Crippen molar-refractivity contribution in [1.82, 2.24) is 5.43 Å². The van der Waals surface area contributed by atoms with E-state index in [0.29, 0.717) is 35.8 Å². The Morgan fingerprint density at radius 3 is 2.57 bits per heavy atom. The molecule has 0 aliphatic carbocycles. The summed E-state index contributed by atoms with van der Waals surface area (Å²) in [4.78, 5) is 22.6. The van der Waals surface area contributed by atoms with Crippen LogP contribution in [0, 0.1) is 10.1 Å². The molecule has 2 aromatic carbocycles. The Morgan fingerprint density at radius 1 is 1.21 bits per heavy atom. The van der Waals surface area contributed by atoms with Crippen LogP contribution in [-0.4, -0.2) is 30.3 Å². The van der Waals surface area contributed by atoms with E-state index in [-0.39, 0.29) is 12.1 Å². The van der Waals surface area contributed by atoms with E-state index in [1.807, 2.05) is 13.8 Å². The SMILES string of the molecule is CCOc1cc(OCC)c(/C=N/NC(=O)Cc2ccccc2[N+](=O)[O-])cc1Br. The fourth-order valence-electron chi connectivity index (χ4n) is 2.42. The van der Waals surface area contributed by atoms with Gasteiger partial charge in [0.05, 0.1) is 35.2 Å². The molecule has 148 valence electrons. The molecule has 0 saturated heterocycles. The van der Waals surface area contributed by atoms with Crippen LogP contribution in [0.5, 0.6) is 11.5 Å². The monoisotopic (exact) mass is 449 g/mol. The number of nitro groups is 1. The number of rotatable bonds is 9. The van der Waals surface area contributed by atoms with Crippen molar-refractivity contribution in [3.63, 3.8) is 0 Å². The number of nitrogens with one attached hydrogen (secondary N) is 1. The van der Waals surface area contributed by atoms with Gasteiger partial charge in [0.1, 0.15) is 11.5 Å². The maximum Gasteiger partial charge on any atom is 0.273 e. The van der Waals surface area contributed by atoms with Crippen molar-refractivity contribution >= 4 is 33.7 Å². The van der Waals surface area contributed by atoms with Crippen LogP contribution in [0.3, 0.4) is 0 Å². The number of carbonyl (C=O) groups excluding carboxylic acids is 1. The van der Waals surface area contributed by atoms with Crippen LogP contribution in [-0.2, 0) is 11.2 Å². The maximum absolute atomic E-state index is 12.1. The van der Waals surface area contributed by atoms with Crippen molar-refractivity contribution in [2.24, 2.45) is 5.10 Å². The highest BCUT2D eigenvalue weighted by Gasteiger charge is 2.15. The number of amides is 1. The molecule has 28 heavy (non-hydrogen) atoms. The lowest BCUT2D eigenvalue weighted by atomic mass is 10.1. The Hall–Kier alpha value is -2.94. The van der Waals surface area contributed by atoms with Crippen LogP contribution >= 0.6 is 15.9 Å². The molecule has 0 atom stereocenters. The van der Waals surface area contributed by atoms with E-state index in [4.69, 9.17) is 9.47 Å². The first-order chi connectivity index (χ1) is 13.5. The summed E-state index contributed by atoms with van der Waals surface area (Å²) in [6, 6.07) is 9.61. The first-order valence-electron chi connectivity index (χ1n) is 8.59. The Bertz CT molecular complexity index is 886. The average Bonchev–Trinajstić information content (AvgIpc) is 2.65. The van der Waals surface area contributed by atoms with E-state index in [2.05, 4.69) is 26.5 Å². The fourth-order valence-corrected chi connectivity index (χ4v) is 2.90. The Kier molecular flexibility index (Phi) is 7.94. The molecule has 0 bridgehead atoms. The number of nitrogens with zero attached hydrogens (tertiary/aromatic N) is 2. The third kappa shape index (κ3) is 5.78. The molecule has 0 spiro atoms. The van der Waals surface area contributed by atoms with Crippen LogP contribution < -0.4 is 14.9 Å². The summed E-state index contributed by atoms with van der Waals surface area (Å²) in [7, 11) is 0. The summed E-state index contributed by atoms with van der Waals surface area (Å²) >= 11 is 3.43. The Balaban J connectivity index is 2.10. The summed E-state index contributed by atoms with van der Waals surface area (Å²) in [5, 5.41) is 15.0.